The lowest BCUT2D eigenvalue weighted by molar-refractivity contribution is 0.414. The van der Waals surface area contributed by atoms with E-state index in [0.29, 0.717) is 5.71 Å². The maximum atomic E-state index is 8.30. The number of nitrogens with zero attached hydrogens (tertiary/aromatic N) is 1. The number of anilines is 2. The molecule has 2 N–H and O–H groups in total. The number of benzene rings is 2. The van der Waals surface area contributed by atoms with Crippen LogP contribution in [0.25, 0.3) is 6.08 Å². The van der Waals surface area contributed by atoms with E-state index in [-0.39, 0.29) is 0 Å². The average molecular weight is 293 g/mol. The molecule has 0 aliphatic carbocycles. The molecule has 4 nitrogen and oxygen atoms in total. The van der Waals surface area contributed by atoms with Gasteiger partial charge in [-0.1, -0.05) is 18.2 Å². The number of allylic oxidation sites excluding steroid dienone is 1. The summed E-state index contributed by atoms with van der Waals surface area (Å²) in [5, 5.41) is 11.6. The molecule has 0 spiro atoms. The number of hydrogen-bond donors (Lipinski definition) is 2. The van der Waals surface area contributed by atoms with Gasteiger partial charge >= 0.3 is 0 Å². The summed E-state index contributed by atoms with van der Waals surface area (Å²) in [7, 11) is 5.66. The molecule has 0 fully saturated rings. The van der Waals surface area contributed by atoms with Crippen LogP contribution in [-0.2, 0) is 0 Å². The third-order valence-electron chi connectivity index (χ3n) is 3.77. The summed E-state index contributed by atoms with van der Waals surface area (Å²) in [6.45, 7) is 0. The molecule has 0 saturated heterocycles. The number of fused-ring (bicyclic) bond motifs is 1. The summed E-state index contributed by atoms with van der Waals surface area (Å²) < 4.78 is 5.49. The number of para-hydroxylation sites is 1. The van der Waals surface area contributed by atoms with E-state index < -0.39 is 0 Å². The molecule has 2 aromatic rings. The molecule has 0 radical (unpaired) electrons. The number of rotatable bonds is 3. The molecule has 1 aliphatic rings. The molecule has 0 atom stereocenters. The molecule has 1 aliphatic heterocycles. The fourth-order valence-corrected chi connectivity index (χ4v) is 2.52. The first-order valence-electron chi connectivity index (χ1n) is 7.12. The van der Waals surface area contributed by atoms with Gasteiger partial charge in [-0.2, -0.15) is 0 Å². The Morgan fingerprint density at radius 3 is 2.59 bits per heavy atom. The second-order valence-corrected chi connectivity index (χ2v) is 5.42. The van der Waals surface area contributed by atoms with Crippen molar-refractivity contribution in [3.05, 3.63) is 59.3 Å². The van der Waals surface area contributed by atoms with E-state index in [4.69, 9.17) is 10.1 Å². The van der Waals surface area contributed by atoms with E-state index in [0.717, 1.165) is 33.9 Å². The molecule has 4 heteroatoms. The highest BCUT2D eigenvalue weighted by atomic mass is 16.5. The minimum atomic E-state index is 0.509. The number of ether oxygens (including phenoxy) is 1. The fraction of sp³-hybridized carbons (Fsp3) is 0.167. The molecule has 112 valence electrons. The smallest absolute Gasteiger partial charge is 0.128 e. The molecule has 2 aromatic carbocycles. The Balaban J connectivity index is 1.98. The van der Waals surface area contributed by atoms with Gasteiger partial charge in [0.15, 0.2) is 0 Å². The summed E-state index contributed by atoms with van der Waals surface area (Å²) >= 11 is 0. The van der Waals surface area contributed by atoms with Crippen LogP contribution in [0.3, 0.4) is 0 Å². The monoisotopic (exact) mass is 293 g/mol. The lowest BCUT2D eigenvalue weighted by Gasteiger charge is -2.15. The lowest BCUT2D eigenvalue weighted by atomic mass is 10.1. The first-order valence-corrected chi connectivity index (χ1v) is 7.12. The van der Waals surface area contributed by atoms with Crippen LogP contribution in [0.2, 0.25) is 0 Å². The second-order valence-electron chi connectivity index (χ2n) is 5.42. The third-order valence-corrected chi connectivity index (χ3v) is 3.77. The predicted molar refractivity (Wildman–Crippen MR) is 92.2 cm³/mol. The molecule has 0 aromatic heterocycles. The topological polar surface area (TPSA) is 48.4 Å². The molecule has 3 rings (SSSR count). The predicted octanol–water partition coefficient (Wildman–Crippen LogP) is 3.60. The van der Waals surface area contributed by atoms with E-state index in [1.807, 2.05) is 67.5 Å². The summed E-state index contributed by atoms with van der Waals surface area (Å²) in [6.07, 6.45) is 1.96. The van der Waals surface area contributed by atoms with Crippen LogP contribution in [-0.4, -0.2) is 26.9 Å². The number of hydrogen-bond acceptors (Lipinski definition) is 4. The Hall–Kier alpha value is -2.75. The molecular formula is C18H19N3O. The van der Waals surface area contributed by atoms with Crippen molar-refractivity contribution in [1.29, 1.82) is 5.41 Å². The molecule has 0 bridgehead atoms. The highest BCUT2D eigenvalue weighted by molar-refractivity contribution is 6.22. The third kappa shape index (κ3) is 2.44. The van der Waals surface area contributed by atoms with Gasteiger partial charge in [0.1, 0.15) is 5.75 Å². The van der Waals surface area contributed by atoms with Gasteiger partial charge in [0, 0.05) is 42.7 Å². The maximum Gasteiger partial charge on any atom is 0.128 e. The van der Waals surface area contributed by atoms with Crippen LogP contribution in [0.5, 0.6) is 5.75 Å². The van der Waals surface area contributed by atoms with Gasteiger partial charge in [0.2, 0.25) is 0 Å². The van der Waals surface area contributed by atoms with Crippen LogP contribution in [0, 0.1) is 5.41 Å². The van der Waals surface area contributed by atoms with Crippen molar-refractivity contribution in [1.82, 2.24) is 0 Å². The SMILES string of the molecule is COc1cc(N(C)C)ccc1/C=C1\Nc2ccccc2C1=N. The van der Waals surface area contributed by atoms with Crippen molar-refractivity contribution >= 4 is 23.2 Å². The van der Waals surface area contributed by atoms with E-state index in [1.165, 1.54) is 0 Å². The van der Waals surface area contributed by atoms with Gasteiger partial charge in [-0.05, 0) is 24.3 Å². The first kappa shape index (κ1) is 14.2. The van der Waals surface area contributed by atoms with E-state index in [2.05, 4.69) is 5.32 Å². The van der Waals surface area contributed by atoms with Crippen LogP contribution in [0.4, 0.5) is 11.4 Å². The van der Waals surface area contributed by atoms with Crippen LogP contribution in [0.1, 0.15) is 11.1 Å². The quantitative estimate of drug-likeness (QED) is 0.909. The summed E-state index contributed by atoms with van der Waals surface area (Å²) in [6, 6.07) is 13.9. The fourth-order valence-electron chi connectivity index (χ4n) is 2.52. The summed E-state index contributed by atoms with van der Waals surface area (Å²) in [5.74, 6) is 0.796. The van der Waals surface area contributed by atoms with Crippen LogP contribution >= 0.6 is 0 Å². The van der Waals surface area contributed by atoms with Gasteiger partial charge in [-0.25, -0.2) is 0 Å². The summed E-state index contributed by atoms with van der Waals surface area (Å²) in [4.78, 5) is 2.03. The van der Waals surface area contributed by atoms with Gasteiger partial charge in [-0.3, -0.25) is 5.41 Å². The molecule has 0 amide bonds. The van der Waals surface area contributed by atoms with Crippen molar-refractivity contribution < 1.29 is 4.74 Å². The molecule has 0 unspecified atom stereocenters. The van der Waals surface area contributed by atoms with E-state index >= 15 is 0 Å². The molecular weight excluding hydrogens is 274 g/mol. The Bertz CT molecular complexity index is 763. The molecule has 22 heavy (non-hydrogen) atoms. The highest BCUT2D eigenvalue weighted by Gasteiger charge is 2.20. The van der Waals surface area contributed by atoms with Crippen molar-refractivity contribution in [2.24, 2.45) is 0 Å². The Kier molecular flexibility index (Phi) is 3.59. The zero-order valence-electron chi connectivity index (χ0n) is 13.0. The zero-order valence-corrected chi connectivity index (χ0v) is 13.0. The summed E-state index contributed by atoms with van der Waals surface area (Å²) in [5.41, 5.74) is 5.23. The minimum Gasteiger partial charge on any atom is -0.496 e. The van der Waals surface area contributed by atoms with Gasteiger partial charge in [0.05, 0.1) is 18.5 Å². The normalized spacial score (nSPS) is 14.7. The lowest BCUT2D eigenvalue weighted by Crippen LogP contribution is -2.08. The van der Waals surface area contributed by atoms with Crippen LogP contribution in [0.15, 0.2) is 48.2 Å². The largest absolute Gasteiger partial charge is 0.496 e. The molecule has 1 heterocycles. The maximum absolute atomic E-state index is 8.30. The highest BCUT2D eigenvalue weighted by Crippen LogP contribution is 2.31. The van der Waals surface area contributed by atoms with Crippen molar-refractivity contribution in [2.45, 2.75) is 0 Å². The first-order chi connectivity index (χ1) is 10.6. The Labute approximate surface area is 130 Å². The average Bonchev–Trinajstić information content (AvgIpc) is 2.84. The Morgan fingerprint density at radius 2 is 1.91 bits per heavy atom. The van der Waals surface area contributed by atoms with E-state index in [1.54, 1.807) is 7.11 Å². The standard InChI is InChI=1S/C18H19N3O/c1-21(2)13-9-8-12(17(11-13)22-3)10-16-18(19)14-6-4-5-7-15(14)20-16/h4-11,19-20H,1-3H3/b16-10-,19-18?. The van der Waals surface area contributed by atoms with Gasteiger partial charge in [0.25, 0.3) is 0 Å². The second kappa shape index (κ2) is 5.56. The van der Waals surface area contributed by atoms with Gasteiger partial charge < -0.3 is 15.0 Å². The number of nitrogens with one attached hydrogen (secondary N) is 2. The van der Waals surface area contributed by atoms with Crippen molar-refractivity contribution in [3.63, 3.8) is 0 Å². The van der Waals surface area contributed by atoms with Crippen molar-refractivity contribution in [2.75, 3.05) is 31.4 Å². The van der Waals surface area contributed by atoms with Gasteiger partial charge in [-0.15, -0.1) is 0 Å². The zero-order chi connectivity index (χ0) is 15.7. The number of methoxy groups -OCH3 is 1. The Morgan fingerprint density at radius 1 is 1.14 bits per heavy atom. The van der Waals surface area contributed by atoms with Crippen molar-refractivity contribution in [3.8, 4) is 5.75 Å². The minimum absolute atomic E-state index is 0.509. The van der Waals surface area contributed by atoms with E-state index in [9.17, 15) is 0 Å². The van der Waals surface area contributed by atoms with Crippen LogP contribution < -0.4 is 15.0 Å². The molecule has 0 saturated carbocycles.